The van der Waals surface area contributed by atoms with Crippen molar-refractivity contribution in [2.45, 2.75) is 0 Å². The van der Waals surface area contributed by atoms with Gasteiger partial charge in [0.25, 0.3) is 0 Å². The van der Waals surface area contributed by atoms with Gasteiger partial charge in [0.2, 0.25) is 0 Å². The third-order valence-electron chi connectivity index (χ3n) is 2.51. The predicted molar refractivity (Wildman–Crippen MR) is 69.8 cm³/mol. The van der Waals surface area contributed by atoms with Gasteiger partial charge in [-0.25, -0.2) is 4.79 Å². The van der Waals surface area contributed by atoms with Crippen molar-refractivity contribution in [3.05, 3.63) is 58.6 Å². The van der Waals surface area contributed by atoms with Gasteiger partial charge in [0.1, 0.15) is 0 Å². The molecule has 2 aromatic rings. The predicted octanol–water partition coefficient (Wildman–Crippen LogP) is 3.48. The highest BCUT2D eigenvalue weighted by molar-refractivity contribution is 5.95. The number of aromatic nitrogens is 1. The summed E-state index contributed by atoms with van der Waals surface area (Å²) in [5, 5.41) is 3.50. The zero-order valence-electron chi connectivity index (χ0n) is 10.1. The number of pyridine rings is 1. The highest BCUT2D eigenvalue weighted by Crippen LogP contribution is 2.26. The Morgan fingerprint density at radius 3 is 2.74 bits per heavy atom. The van der Waals surface area contributed by atoms with Crippen molar-refractivity contribution in [2.24, 2.45) is 5.11 Å². The minimum absolute atomic E-state index is 0.139. The van der Waals surface area contributed by atoms with Gasteiger partial charge in [-0.05, 0) is 11.6 Å². The normalized spacial score (nSPS) is 9.53. The molecule has 0 radical (unpaired) electrons. The van der Waals surface area contributed by atoms with Crippen LogP contribution in [0.25, 0.3) is 21.7 Å². The number of nitrogens with zero attached hydrogens (tertiary/aromatic N) is 4. The lowest BCUT2D eigenvalue weighted by atomic mass is 10.1. The first-order valence-electron chi connectivity index (χ1n) is 5.45. The molecule has 0 N–H and O–H groups in total. The molecule has 0 aliphatic rings. The van der Waals surface area contributed by atoms with Gasteiger partial charge in [-0.2, -0.15) is 0 Å². The smallest absolute Gasteiger partial charge is 0.339 e. The maximum absolute atomic E-state index is 11.5. The number of esters is 1. The molecule has 0 bridgehead atoms. The van der Waals surface area contributed by atoms with E-state index in [1.54, 1.807) is 6.07 Å². The molecule has 0 atom stereocenters. The molecule has 0 saturated carbocycles. The molecule has 2 rings (SSSR count). The topological polar surface area (TPSA) is 88.0 Å². The molecule has 0 amide bonds. The van der Waals surface area contributed by atoms with Crippen molar-refractivity contribution in [2.75, 3.05) is 7.11 Å². The van der Waals surface area contributed by atoms with E-state index >= 15 is 0 Å². The number of hydrogen-bond donors (Lipinski definition) is 0. The SMILES string of the molecule is COC(=O)c1cnc(-c2ccccc2)cc1N=[N+]=[N-]. The van der Waals surface area contributed by atoms with E-state index in [4.69, 9.17) is 5.53 Å². The first-order chi connectivity index (χ1) is 9.26. The number of carbonyl (C=O) groups is 1. The van der Waals surface area contributed by atoms with Crippen LogP contribution in [0.15, 0.2) is 47.7 Å². The van der Waals surface area contributed by atoms with Crippen LogP contribution < -0.4 is 0 Å². The first kappa shape index (κ1) is 12.6. The number of carbonyl (C=O) groups excluding carboxylic acids is 1. The quantitative estimate of drug-likeness (QED) is 0.363. The van der Waals surface area contributed by atoms with Crippen molar-refractivity contribution in [3.8, 4) is 11.3 Å². The summed E-state index contributed by atoms with van der Waals surface area (Å²) in [5.41, 5.74) is 10.4. The number of rotatable bonds is 3. The number of hydrogen-bond acceptors (Lipinski definition) is 4. The molecule has 19 heavy (non-hydrogen) atoms. The van der Waals surface area contributed by atoms with Gasteiger partial charge < -0.3 is 4.74 Å². The fraction of sp³-hybridized carbons (Fsp3) is 0.0769. The van der Waals surface area contributed by atoms with E-state index in [9.17, 15) is 4.79 Å². The van der Waals surface area contributed by atoms with Gasteiger partial charge in [0, 0.05) is 16.7 Å². The van der Waals surface area contributed by atoms with Gasteiger partial charge in [0.15, 0.2) is 0 Å². The zero-order valence-corrected chi connectivity index (χ0v) is 10.1. The molecule has 1 aromatic carbocycles. The Kier molecular flexibility index (Phi) is 3.75. The molecule has 0 aliphatic heterocycles. The highest BCUT2D eigenvalue weighted by Gasteiger charge is 2.13. The van der Waals surface area contributed by atoms with Crippen molar-refractivity contribution >= 4 is 11.7 Å². The van der Waals surface area contributed by atoms with E-state index in [2.05, 4.69) is 19.7 Å². The van der Waals surface area contributed by atoms with E-state index in [-0.39, 0.29) is 11.3 Å². The molecule has 94 valence electrons. The largest absolute Gasteiger partial charge is 0.465 e. The average molecular weight is 254 g/mol. The molecule has 0 unspecified atom stereocenters. The van der Waals surface area contributed by atoms with E-state index in [1.165, 1.54) is 13.3 Å². The molecule has 1 heterocycles. The lowest BCUT2D eigenvalue weighted by Crippen LogP contribution is -2.02. The first-order valence-corrected chi connectivity index (χ1v) is 5.45. The van der Waals surface area contributed by atoms with Crippen molar-refractivity contribution in [1.82, 2.24) is 4.98 Å². The molecular weight excluding hydrogens is 244 g/mol. The van der Waals surface area contributed by atoms with E-state index in [0.717, 1.165) is 5.56 Å². The van der Waals surface area contributed by atoms with Crippen LogP contribution in [0.2, 0.25) is 0 Å². The summed E-state index contributed by atoms with van der Waals surface area (Å²) in [6.45, 7) is 0. The Morgan fingerprint density at radius 2 is 2.11 bits per heavy atom. The van der Waals surface area contributed by atoms with Crippen molar-refractivity contribution in [3.63, 3.8) is 0 Å². The molecule has 0 fully saturated rings. The van der Waals surface area contributed by atoms with Crippen LogP contribution in [0.5, 0.6) is 0 Å². The van der Waals surface area contributed by atoms with Crippen molar-refractivity contribution in [1.29, 1.82) is 0 Å². The Hall–Kier alpha value is -2.85. The van der Waals surface area contributed by atoms with Crippen LogP contribution >= 0.6 is 0 Å². The van der Waals surface area contributed by atoms with Crippen LogP contribution in [0.4, 0.5) is 5.69 Å². The fourth-order valence-corrected chi connectivity index (χ4v) is 1.61. The minimum atomic E-state index is -0.588. The maximum atomic E-state index is 11.5. The minimum Gasteiger partial charge on any atom is -0.465 e. The Labute approximate surface area is 109 Å². The summed E-state index contributed by atoms with van der Waals surface area (Å²) in [6.07, 6.45) is 1.35. The van der Waals surface area contributed by atoms with Crippen LogP contribution in [-0.2, 0) is 4.74 Å². The second-order valence-corrected chi connectivity index (χ2v) is 3.63. The number of ether oxygens (including phenoxy) is 1. The molecule has 0 saturated heterocycles. The maximum Gasteiger partial charge on any atom is 0.339 e. The summed E-state index contributed by atoms with van der Waals surface area (Å²) < 4.78 is 4.61. The molecular formula is C13H10N4O2. The molecule has 0 spiro atoms. The summed E-state index contributed by atoms with van der Waals surface area (Å²) in [6, 6.07) is 10.9. The molecule has 6 heteroatoms. The lowest BCUT2D eigenvalue weighted by Gasteiger charge is -2.06. The Morgan fingerprint density at radius 1 is 1.37 bits per heavy atom. The van der Waals surface area contributed by atoms with E-state index < -0.39 is 5.97 Å². The van der Waals surface area contributed by atoms with Crippen LogP contribution in [-0.4, -0.2) is 18.1 Å². The Balaban J connectivity index is 2.54. The van der Waals surface area contributed by atoms with Gasteiger partial charge >= 0.3 is 5.97 Å². The lowest BCUT2D eigenvalue weighted by molar-refractivity contribution is 0.0601. The van der Waals surface area contributed by atoms with Crippen LogP contribution in [0, 0.1) is 0 Å². The number of benzene rings is 1. The molecule has 1 aromatic heterocycles. The number of methoxy groups -OCH3 is 1. The molecule has 0 aliphatic carbocycles. The molecule has 6 nitrogen and oxygen atoms in total. The number of azide groups is 1. The third-order valence-corrected chi connectivity index (χ3v) is 2.51. The summed E-state index contributed by atoms with van der Waals surface area (Å²) in [7, 11) is 1.26. The van der Waals surface area contributed by atoms with Gasteiger partial charge in [-0.3, -0.25) is 4.98 Å². The fourth-order valence-electron chi connectivity index (χ4n) is 1.61. The zero-order chi connectivity index (χ0) is 13.7. The van der Waals surface area contributed by atoms with Crippen LogP contribution in [0.1, 0.15) is 10.4 Å². The average Bonchev–Trinajstić information content (AvgIpc) is 2.47. The van der Waals surface area contributed by atoms with E-state index in [0.29, 0.717) is 5.69 Å². The standard InChI is InChI=1S/C13H10N4O2/c1-19-13(18)10-8-15-11(7-12(10)16-17-14)9-5-3-2-4-6-9/h2-8H,1H3. The summed E-state index contributed by atoms with van der Waals surface area (Å²) in [4.78, 5) is 18.4. The highest BCUT2D eigenvalue weighted by atomic mass is 16.5. The monoisotopic (exact) mass is 254 g/mol. The van der Waals surface area contributed by atoms with Crippen LogP contribution in [0.3, 0.4) is 0 Å². The third kappa shape index (κ3) is 2.70. The van der Waals surface area contributed by atoms with Gasteiger partial charge in [0.05, 0.1) is 24.1 Å². The van der Waals surface area contributed by atoms with Gasteiger partial charge in [-0.1, -0.05) is 35.4 Å². The van der Waals surface area contributed by atoms with Gasteiger partial charge in [-0.15, -0.1) is 0 Å². The summed E-state index contributed by atoms with van der Waals surface area (Å²) >= 11 is 0. The van der Waals surface area contributed by atoms with E-state index in [1.807, 2.05) is 30.3 Å². The summed E-state index contributed by atoms with van der Waals surface area (Å²) in [5.74, 6) is -0.588. The van der Waals surface area contributed by atoms with Crippen molar-refractivity contribution < 1.29 is 9.53 Å². The Bertz CT molecular complexity index is 649. The second-order valence-electron chi connectivity index (χ2n) is 3.63. The second kappa shape index (κ2) is 5.66.